The van der Waals surface area contributed by atoms with Gasteiger partial charge in [-0.25, -0.2) is 4.39 Å². The van der Waals surface area contributed by atoms with Crippen LogP contribution in [0.15, 0.2) is 18.2 Å². The molecule has 1 fully saturated rings. The number of halogens is 4. The standard InChI is InChI=1S/C14H17BF4O2/c1-12(2)13(3,4)21-15(20-12)8-9-6-5-7-10(16)11(9)14(17,18)19/h5-7H,8H2,1-4H3. The summed E-state index contributed by atoms with van der Waals surface area (Å²) < 4.78 is 63.7. The van der Waals surface area contributed by atoms with Gasteiger partial charge in [-0.2, -0.15) is 13.2 Å². The van der Waals surface area contributed by atoms with Crippen LogP contribution in [0.1, 0.15) is 38.8 Å². The first-order valence-corrected chi connectivity index (χ1v) is 6.64. The van der Waals surface area contributed by atoms with Crippen molar-refractivity contribution in [2.45, 2.75) is 51.4 Å². The van der Waals surface area contributed by atoms with Gasteiger partial charge in [0.25, 0.3) is 0 Å². The lowest BCUT2D eigenvalue weighted by atomic mass is 9.79. The first-order chi connectivity index (χ1) is 9.44. The third-order valence-electron chi connectivity index (χ3n) is 4.07. The maximum absolute atomic E-state index is 13.5. The summed E-state index contributed by atoms with van der Waals surface area (Å²) >= 11 is 0. The predicted octanol–water partition coefficient (Wildman–Crippen LogP) is 4.02. The lowest BCUT2D eigenvalue weighted by Crippen LogP contribution is -2.41. The molecule has 1 aromatic carbocycles. The molecule has 1 heterocycles. The zero-order valence-electron chi connectivity index (χ0n) is 12.3. The summed E-state index contributed by atoms with van der Waals surface area (Å²) in [7, 11) is -0.835. The van der Waals surface area contributed by atoms with E-state index < -0.39 is 35.9 Å². The molecule has 0 aromatic heterocycles. The minimum Gasteiger partial charge on any atom is -0.403 e. The normalized spacial score (nSPS) is 20.9. The van der Waals surface area contributed by atoms with E-state index in [2.05, 4.69) is 0 Å². The first-order valence-electron chi connectivity index (χ1n) is 6.64. The molecule has 0 bridgehead atoms. The molecule has 0 amide bonds. The molecule has 116 valence electrons. The number of rotatable bonds is 2. The van der Waals surface area contributed by atoms with E-state index in [0.29, 0.717) is 0 Å². The van der Waals surface area contributed by atoms with Gasteiger partial charge < -0.3 is 9.31 Å². The monoisotopic (exact) mass is 304 g/mol. The number of benzene rings is 1. The van der Waals surface area contributed by atoms with Crippen LogP contribution in [0.25, 0.3) is 0 Å². The second-order valence-corrected chi connectivity index (χ2v) is 6.16. The maximum Gasteiger partial charge on any atom is 0.462 e. The van der Waals surface area contributed by atoms with Gasteiger partial charge in [0, 0.05) is 6.32 Å². The summed E-state index contributed by atoms with van der Waals surface area (Å²) in [6, 6.07) is 3.30. The third kappa shape index (κ3) is 3.08. The van der Waals surface area contributed by atoms with E-state index in [0.717, 1.165) is 6.07 Å². The fourth-order valence-corrected chi connectivity index (χ4v) is 2.28. The van der Waals surface area contributed by atoms with Crippen LogP contribution in [0.2, 0.25) is 0 Å². The van der Waals surface area contributed by atoms with Crippen LogP contribution in [0, 0.1) is 5.82 Å². The van der Waals surface area contributed by atoms with E-state index in [1.54, 1.807) is 0 Å². The van der Waals surface area contributed by atoms with E-state index in [1.807, 2.05) is 27.7 Å². The van der Waals surface area contributed by atoms with E-state index in [4.69, 9.17) is 9.31 Å². The van der Waals surface area contributed by atoms with Crippen molar-refractivity contribution in [3.8, 4) is 0 Å². The SMILES string of the molecule is CC1(C)OB(Cc2cccc(F)c2C(F)(F)F)OC1(C)C. The largest absolute Gasteiger partial charge is 0.462 e. The highest BCUT2D eigenvalue weighted by atomic mass is 19.4. The lowest BCUT2D eigenvalue weighted by Gasteiger charge is -2.32. The Kier molecular flexibility index (Phi) is 3.87. The van der Waals surface area contributed by atoms with Gasteiger partial charge in [0.05, 0.1) is 16.8 Å². The predicted molar refractivity (Wildman–Crippen MR) is 71.2 cm³/mol. The highest BCUT2D eigenvalue weighted by Gasteiger charge is 2.51. The van der Waals surface area contributed by atoms with Crippen molar-refractivity contribution in [1.82, 2.24) is 0 Å². The maximum atomic E-state index is 13.5. The lowest BCUT2D eigenvalue weighted by molar-refractivity contribution is -0.140. The topological polar surface area (TPSA) is 18.5 Å². The van der Waals surface area contributed by atoms with Crippen molar-refractivity contribution in [2.24, 2.45) is 0 Å². The Labute approximate surface area is 121 Å². The van der Waals surface area contributed by atoms with Gasteiger partial charge in [-0.3, -0.25) is 0 Å². The van der Waals surface area contributed by atoms with Crippen LogP contribution in [0.5, 0.6) is 0 Å². The Morgan fingerprint density at radius 3 is 2.05 bits per heavy atom. The molecule has 0 radical (unpaired) electrons. The molecule has 1 aliphatic heterocycles. The van der Waals surface area contributed by atoms with E-state index in [9.17, 15) is 17.6 Å². The average molecular weight is 304 g/mol. The Balaban J connectivity index is 2.29. The number of hydrogen-bond donors (Lipinski definition) is 0. The van der Waals surface area contributed by atoms with Crippen LogP contribution < -0.4 is 0 Å². The van der Waals surface area contributed by atoms with Gasteiger partial charge in [0.15, 0.2) is 0 Å². The summed E-state index contributed by atoms with van der Waals surface area (Å²) in [4.78, 5) is 0. The molecule has 0 spiro atoms. The molecule has 1 aliphatic rings. The van der Waals surface area contributed by atoms with E-state index >= 15 is 0 Å². The van der Waals surface area contributed by atoms with Crippen LogP contribution in [0.4, 0.5) is 17.6 Å². The van der Waals surface area contributed by atoms with Crippen molar-refractivity contribution in [2.75, 3.05) is 0 Å². The second-order valence-electron chi connectivity index (χ2n) is 6.16. The zero-order chi connectivity index (χ0) is 16.1. The molecule has 21 heavy (non-hydrogen) atoms. The van der Waals surface area contributed by atoms with E-state index in [-0.39, 0.29) is 11.9 Å². The van der Waals surface area contributed by atoms with Gasteiger partial charge in [0.1, 0.15) is 5.82 Å². The van der Waals surface area contributed by atoms with Crippen LogP contribution in [-0.2, 0) is 21.8 Å². The second kappa shape index (κ2) is 4.99. The number of alkyl halides is 3. The van der Waals surface area contributed by atoms with Crippen molar-refractivity contribution in [1.29, 1.82) is 0 Å². The molecular formula is C14H17BF4O2. The third-order valence-corrected chi connectivity index (χ3v) is 4.07. The Bertz CT molecular complexity index is 524. The summed E-state index contributed by atoms with van der Waals surface area (Å²) in [6.45, 7) is 7.24. The molecule has 7 heteroatoms. The summed E-state index contributed by atoms with van der Waals surface area (Å²) in [5.41, 5.74) is -2.69. The minimum atomic E-state index is -4.75. The van der Waals surface area contributed by atoms with Gasteiger partial charge in [0.2, 0.25) is 0 Å². The Morgan fingerprint density at radius 1 is 1.05 bits per heavy atom. The van der Waals surface area contributed by atoms with Gasteiger partial charge in [-0.15, -0.1) is 0 Å². The number of hydrogen-bond acceptors (Lipinski definition) is 2. The zero-order valence-corrected chi connectivity index (χ0v) is 12.3. The van der Waals surface area contributed by atoms with Crippen molar-refractivity contribution in [3.63, 3.8) is 0 Å². The summed E-state index contributed by atoms with van der Waals surface area (Å²) in [6.07, 6.45) is -4.90. The van der Waals surface area contributed by atoms with E-state index in [1.165, 1.54) is 12.1 Å². The van der Waals surface area contributed by atoms with Crippen LogP contribution >= 0.6 is 0 Å². The molecule has 0 atom stereocenters. The van der Waals surface area contributed by atoms with Crippen molar-refractivity contribution in [3.05, 3.63) is 35.1 Å². The Hall–Kier alpha value is -1.08. The molecule has 0 aliphatic carbocycles. The van der Waals surface area contributed by atoms with Crippen molar-refractivity contribution >= 4 is 7.12 Å². The molecular weight excluding hydrogens is 287 g/mol. The summed E-state index contributed by atoms with van der Waals surface area (Å²) in [5.74, 6) is -1.28. The highest BCUT2D eigenvalue weighted by molar-refractivity contribution is 6.45. The van der Waals surface area contributed by atoms with Gasteiger partial charge in [-0.05, 0) is 39.3 Å². The molecule has 2 rings (SSSR count). The van der Waals surface area contributed by atoms with Gasteiger partial charge >= 0.3 is 13.3 Å². The van der Waals surface area contributed by atoms with Gasteiger partial charge in [-0.1, -0.05) is 12.1 Å². The quantitative estimate of drug-likeness (QED) is 0.607. The first kappa shape index (κ1) is 16.3. The molecule has 0 saturated carbocycles. The minimum absolute atomic E-state index is 0.153. The molecule has 0 N–H and O–H groups in total. The molecule has 1 aromatic rings. The molecule has 2 nitrogen and oxygen atoms in total. The Morgan fingerprint density at radius 2 is 1.57 bits per heavy atom. The smallest absolute Gasteiger partial charge is 0.403 e. The average Bonchev–Trinajstić information content (AvgIpc) is 2.44. The highest BCUT2D eigenvalue weighted by Crippen LogP contribution is 2.39. The molecule has 0 unspecified atom stereocenters. The summed E-state index contributed by atoms with van der Waals surface area (Å²) in [5, 5.41) is 0. The fourth-order valence-electron chi connectivity index (χ4n) is 2.28. The van der Waals surface area contributed by atoms with Crippen LogP contribution in [0.3, 0.4) is 0 Å². The molecule has 1 saturated heterocycles. The fraction of sp³-hybridized carbons (Fsp3) is 0.571. The van der Waals surface area contributed by atoms with Crippen LogP contribution in [-0.4, -0.2) is 18.3 Å². The van der Waals surface area contributed by atoms with Crippen molar-refractivity contribution < 1.29 is 26.9 Å².